The van der Waals surface area contributed by atoms with E-state index in [-0.39, 0.29) is 29.1 Å². The minimum Gasteiger partial charge on any atom is -0.495 e. The van der Waals surface area contributed by atoms with Crippen LogP contribution in [0.15, 0.2) is 42.5 Å². The third-order valence-corrected chi connectivity index (χ3v) is 6.87. The van der Waals surface area contributed by atoms with Crippen LogP contribution in [0.25, 0.3) is 0 Å². The number of carbonyl (C=O) groups is 2. The first-order chi connectivity index (χ1) is 16.3. The molecule has 192 valence electrons. The average Bonchev–Trinajstić information content (AvgIpc) is 2.78. The maximum Gasteiger partial charge on any atom is 0.244 e. The highest BCUT2D eigenvalue weighted by Crippen LogP contribution is 2.30. The van der Waals surface area contributed by atoms with Crippen LogP contribution in [0.5, 0.6) is 5.75 Å². The monoisotopic (exact) mass is 543 g/mol. The van der Waals surface area contributed by atoms with Gasteiger partial charge in [0.2, 0.25) is 21.8 Å². The van der Waals surface area contributed by atoms with Crippen LogP contribution in [-0.2, 0) is 26.2 Å². The molecule has 0 spiro atoms. The lowest BCUT2D eigenvalue weighted by Gasteiger charge is -2.31. The number of carbonyl (C=O) groups excluding carboxylic acids is 2. The van der Waals surface area contributed by atoms with Crippen molar-refractivity contribution in [3.8, 4) is 5.75 Å². The van der Waals surface area contributed by atoms with Gasteiger partial charge in [0.15, 0.2) is 0 Å². The Labute approximate surface area is 217 Å². The van der Waals surface area contributed by atoms with Crippen LogP contribution < -0.4 is 14.4 Å². The lowest BCUT2D eigenvalue weighted by Crippen LogP contribution is -2.51. The van der Waals surface area contributed by atoms with E-state index in [1.807, 2.05) is 13.8 Å². The van der Waals surface area contributed by atoms with E-state index in [2.05, 4.69) is 5.32 Å². The van der Waals surface area contributed by atoms with E-state index in [1.165, 1.54) is 30.2 Å². The molecular formula is C24H31Cl2N3O5S. The number of nitrogens with one attached hydrogen (secondary N) is 1. The maximum absolute atomic E-state index is 13.5. The summed E-state index contributed by atoms with van der Waals surface area (Å²) in [6.45, 7) is 5.52. The van der Waals surface area contributed by atoms with Crippen LogP contribution >= 0.6 is 23.2 Å². The van der Waals surface area contributed by atoms with E-state index < -0.39 is 28.5 Å². The number of ether oxygens (including phenoxy) is 1. The lowest BCUT2D eigenvalue weighted by molar-refractivity contribution is -0.139. The molecular weight excluding hydrogens is 513 g/mol. The number of halogens is 2. The highest BCUT2D eigenvalue weighted by atomic mass is 35.5. The van der Waals surface area contributed by atoms with E-state index in [0.717, 1.165) is 10.6 Å². The van der Waals surface area contributed by atoms with Gasteiger partial charge in [0.1, 0.15) is 18.3 Å². The number of nitrogens with zero attached hydrogens (tertiary/aromatic N) is 2. The van der Waals surface area contributed by atoms with Crippen molar-refractivity contribution in [2.75, 3.05) is 30.8 Å². The fourth-order valence-corrected chi connectivity index (χ4v) is 4.60. The van der Waals surface area contributed by atoms with Gasteiger partial charge < -0.3 is 15.0 Å². The molecule has 8 nitrogen and oxygen atoms in total. The van der Waals surface area contributed by atoms with Gasteiger partial charge in [-0.1, -0.05) is 49.2 Å². The van der Waals surface area contributed by atoms with Crippen LogP contribution in [0.1, 0.15) is 26.3 Å². The van der Waals surface area contributed by atoms with Gasteiger partial charge >= 0.3 is 0 Å². The molecule has 2 rings (SSSR count). The van der Waals surface area contributed by atoms with Crippen molar-refractivity contribution in [2.24, 2.45) is 5.92 Å². The minimum absolute atomic E-state index is 0.0661. The summed E-state index contributed by atoms with van der Waals surface area (Å²) in [5.74, 6) is -0.306. The number of hydrogen-bond acceptors (Lipinski definition) is 5. The molecule has 0 bridgehead atoms. The molecule has 11 heteroatoms. The number of rotatable bonds is 11. The van der Waals surface area contributed by atoms with E-state index in [4.69, 9.17) is 27.9 Å². The first kappa shape index (κ1) is 28.7. The van der Waals surface area contributed by atoms with Crippen molar-refractivity contribution in [3.05, 3.63) is 58.1 Å². The Balaban J connectivity index is 2.39. The quantitative estimate of drug-likeness (QED) is 0.462. The molecule has 2 aromatic carbocycles. The fourth-order valence-electron chi connectivity index (χ4n) is 3.29. The maximum atomic E-state index is 13.5. The number of amides is 2. The van der Waals surface area contributed by atoms with Crippen LogP contribution in [0, 0.1) is 5.92 Å². The van der Waals surface area contributed by atoms with Crippen LogP contribution in [-0.4, -0.2) is 57.6 Å². The van der Waals surface area contributed by atoms with E-state index in [0.29, 0.717) is 22.9 Å². The van der Waals surface area contributed by atoms with Crippen LogP contribution in [0.2, 0.25) is 10.0 Å². The Morgan fingerprint density at radius 2 is 1.77 bits per heavy atom. The van der Waals surface area contributed by atoms with Crippen molar-refractivity contribution in [3.63, 3.8) is 0 Å². The fraction of sp³-hybridized carbons (Fsp3) is 0.417. The zero-order valence-electron chi connectivity index (χ0n) is 20.4. The van der Waals surface area contributed by atoms with Crippen molar-refractivity contribution < 1.29 is 22.7 Å². The zero-order valence-corrected chi connectivity index (χ0v) is 22.7. The van der Waals surface area contributed by atoms with Gasteiger partial charge in [-0.3, -0.25) is 13.9 Å². The molecule has 0 aliphatic carbocycles. The molecule has 0 aromatic heterocycles. The molecule has 2 aromatic rings. The highest BCUT2D eigenvalue weighted by Gasteiger charge is 2.30. The Morgan fingerprint density at radius 1 is 1.09 bits per heavy atom. The molecule has 2 amide bonds. The van der Waals surface area contributed by atoms with Gasteiger partial charge in [0.05, 0.1) is 24.1 Å². The van der Waals surface area contributed by atoms with E-state index >= 15 is 0 Å². The summed E-state index contributed by atoms with van der Waals surface area (Å²) in [4.78, 5) is 27.7. The van der Waals surface area contributed by atoms with Crippen LogP contribution in [0.4, 0.5) is 5.69 Å². The predicted molar refractivity (Wildman–Crippen MR) is 140 cm³/mol. The molecule has 0 aliphatic rings. The van der Waals surface area contributed by atoms with Crippen LogP contribution in [0.3, 0.4) is 0 Å². The minimum atomic E-state index is -3.87. The van der Waals surface area contributed by atoms with Crippen molar-refractivity contribution in [1.29, 1.82) is 0 Å². The molecule has 35 heavy (non-hydrogen) atoms. The number of hydrogen-bond donors (Lipinski definition) is 1. The summed E-state index contributed by atoms with van der Waals surface area (Å²) in [5, 5.41) is 3.51. The average molecular weight is 545 g/mol. The molecule has 0 unspecified atom stereocenters. The summed E-state index contributed by atoms with van der Waals surface area (Å²) >= 11 is 12.3. The Kier molecular flexibility index (Phi) is 10.2. The topological polar surface area (TPSA) is 96.0 Å². The SMILES string of the molecule is COc1ccc(N(CC(=O)N(Cc2cccc(Cl)c2)[C@@H](C)C(=O)NCC(C)C)S(C)(=O)=O)cc1Cl. The summed E-state index contributed by atoms with van der Waals surface area (Å²) in [5.41, 5.74) is 0.902. The Morgan fingerprint density at radius 3 is 2.31 bits per heavy atom. The second-order valence-corrected chi connectivity index (χ2v) is 11.3. The first-order valence-corrected chi connectivity index (χ1v) is 13.6. The number of sulfonamides is 1. The molecule has 0 saturated carbocycles. The molecule has 0 radical (unpaired) electrons. The Hall–Kier alpha value is -2.49. The molecule has 0 aliphatic heterocycles. The molecule has 0 saturated heterocycles. The van der Waals surface area contributed by atoms with Crippen molar-refractivity contribution in [2.45, 2.75) is 33.4 Å². The smallest absolute Gasteiger partial charge is 0.244 e. The van der Waals surface area contributed by atoms with Gasteiger partial charge in [-0.15, -0.1) is 0 Å². The summed E-state index contributed by atoms with van der Waals surface area (Å²) < 4.78 is 31.3. The zero-order chi connectivity index (χ0) is 26.3. The molecule has 0 heterocycles. The van der Waals surface area contributed by atoms with Gasteiger partial charge in [-0.2, -0.15) is 0 Å². The predicted octanol–water partition coefficient (Wildman–Crippen LogP) is 3.96. The first-order valence-electron chi connectivity index (χ1n) is 11.0. The number of benzene rings is 2. The van der Waals surface area contributed by atoms with E-state index in [1.54, 1.807) is 31.2 Å². The van der Waals surface area contributed by atoms with Crippen molar-refractivity contribution in [1.82, 2.24) is 10.2 Å². The summed E-state index contributed by atoms with van der Waals surface area (Å²) in [7, 11) is -2.42. The Bertz CT molecular complexity index is 1160. The van der Waals surface area contributed by atoms with Crippen molar-refractivity contribution >= 4 is 50.7 Å². The molecule has 1 N–H and O–H groups in total. The standard InChI is InChI=1S/C24H31Cl2N3O5S/c1-16(2)13-27-24(31)17(3)28(14-18-7-6-8-19(25)11-18)23(30)15-29(35(5,32)33)20-9-10-22(34-4)21(26)12-20/h6-12,16-17H,13-15H2,1-5H3,(H,27,31)/t17-/m0/s1. The number of methoxy groups -OCH3 is 1. The third kappa shape index (κ3) is 8.30. The molecule has 1 atom stereocenters. The second kappa shape index (κ2) is 12.5. The lowest BCUT2D eigenvalue weighted by atomic mass is 10.1. The summed E-state index contributed by atoms with van der Waals surface area (Å²) in [6, 6.07) is 10.5. The normalized spacial score (nSPS) is 12.2. The van der Waals surface area contributed by atoms with Gasteiger partial charge in [0, 0.05) is 18.1 Å². The van der Waals surface area contributed by atoms with E-state index in [9.17, 15) is 18.0 Å². The van der Waals surface area contributed by atoms with Gasteiger partial charge in [-0.05, 0) is 48.7 Å². The van der Waals surface area contributed by atoms with Gasteiger partial charge in [-0.25, -0.2) is 8.42 Å². The third-order valence-electron chi connectivity index (χ3n) is 5.20. The second-order valence-electron chi connectivity index (χ2n) is 8.56. The van der Waals surface area contributed by atoms with Gasteiger partial charge in [0.25, 0.3) is 0 Å². The summed E-state index contributed by atoms with van der Waals surface area (Å²) in [6.07, 6.45) is 0.999. The molecule has 0 fully saturated rings. The highest BCUT2D eigenvalue weighted by molar-refractivity contribution is 7.92. The largest absolute Gasteiger partial charge is 0.495 e. The number of anilines is 1.